The molecule has 39 heavy (non-hydrogen) atoms. The van der Waals surface area contributed by atoms with E-state index in [-0.39, 0.29) is 30.4 Å². The van der Waals surface area contributed by atoms with Crippen molar-refractivity contribution in [1.29, 1.82) is 0 Å². The van der Waals surface area contributed by atoms with Crippen molar-refractivity contribution in [2.75, 3.05) is 6.61 Å². The number of benzene rings is 3. The van der Waals surface area contributed by atoms with Gasteiger partial charge < -0.3 is 15.0 Å². The molecule has 7 heteroatoms. The topological polar surface area (TPSA) is 58.6 Å². The van der Waals surface area contributed by atoms with Gasteiger partial charge in [0.2, 0.25) is 5.91 Å². The number of halogens is 2. The SMILES string of the molecule is CC(C)(C)NC(=O)[C@H](Cc1ccccc1)N(Cc1ccccc1Cl)C(=O)COc1ccc(C(C)(C)C)cc1Br. The van der Waals surface area contributed by atoms with Gasteiger partial charge in [0.25, 0.3) is 5.91 Å². The predicted molar refractivity (Wildman–Crippen MR) is 162 cm³/mol. The van der Waals surface area contributed by atoms with Crippen LogP contribution in [0.3, 0.4) is 0 Å². The van der Waals surface area contributed by atoms with Crippen molar-refractivity contribution in [3.63, 3.8) is 0 Å². The van der Waals surface area contributed by atoms with E-state index >= 15 is 0 Å². The molecule has 0 aromatic heterocycles. The lowest BCUT2D eigenvalue weighted by Crippen LogP contribution is -2.55. The molecule has 0 aliphatic rings. The van der Waals surface area contributed by atoms with Crippen molar-refractivity contribution in [2.45, 2.75) is 71.5 Å². The molecule has 1 N–H and O–H groups in total. The van der Waals surface area contributed by atoms with Gasteiger partial charge in [0, 0.05) is 23.5 Å². The van der Waals surface area contributed by atoms with E-state index in [1.807, 2.05) is 87.5 Å². The average Bonchev–Trinajstić information content (AvgIpc) is 2.85. The first kappa shape index (κ1) is 30.7. The Bertz CT molecular complexity index is 1280. The molecule has 3 rings (SSSR count). The van der Waals surface area contributed by atoms with E-state index in [9.17, 15) is 9.59 Å². The summed E-state index contributed by atoms with van der Waals surface area (Å²) in [5.74, 6) is 0.0157. The molecule has 1 atom stereocenters. The first-order valence-electron chi connectivity index (χ1n) is 13.1. The summed E-state index contributed by atoms with van der Waals surface area (Å²) < 4.78 is 6.76. The Morgan fingerprint density at radius 2 is 1.59 bits per heavy atom. The highest BCUT2D eigenvalue weighted by molar-refractivity contribution is 9.10. The van der Waals surface area contributed by atoms with Gasteiger partial charge in [0.1, 0.15) is 11.8 Å². The second kappa shape index (κ2) is 13.0. The van der Waals surface area contributed by atoms with E-state index in [2.05, 4.69) is 42.0 Å². The second-order valence-electron chi connectivity index (χ2n) is 11.7. The van der Waals surface area contributed by atoms with Crippen LogP contribution in [0.1, 0.15) is 58.2 Å². The quantitative estimate of drug-likeness (QED) is 0.275. The number of hydrogen-bond donors (Lipinski definition) is 1. The van der Waals surface area contributed by atoms with Gasteiger partial charge in [-0.25, -0.2) is 0 Å². The van der Waals surface area contributed by atoms with Crippen molar-refractivity contribution in [2.24, 2.45) is 0 Å². The van der Waals surface area contributed by atoms with Crippen molar-refractivity contribution in [3.05, 3.63) is 99.0 Å². The van der Waals surface area contributed by atoms with Crippen molar-refractivity contribution in [3.8, 4) is 5.75 Å². The molecular formula is C32H38BrClN2O3. The van der Waals surface area contributed by atoms with Crippen LogP contribution in [0.5, 0.6) is 5.75 Å². The third-order valence-electron chi connectivity index (χ3n) is 6.22. The smallest absolute Gasteiger partial charge is 0.261 e. The summed E-state index contributed by atoms with van der Waals surface area (Å²) in [5, 5.41) is 3.60. The van der Waals surface area contributed by atoms with Crippen LogP contribution in [0.4, 0.5) is 0 Å². The number of amides is 2. The van der Waals surface area contributed by atoms with Crippen LogP contribution in [0.25, 0.3) is 0 Å². The Morgan fingerprint density at radius 1 is 0.949 bits per heavy atom. The van der Waals surface area contributed by atoms with E-state index in [1.165, 1.54) is 0 Å². The minimum Gasteiger partial charge on any atom is -0.483 e. The van der Waals surface area contributed by atoms with Gasteiger partial charge in [0.05, 0.1) is 4.47 Å². The van der Waals surface area contributed by atoms with Crippen LogP contribution < -0.4 is 10.1 Å². The Kier molecular flexibility index (Phi) is 10.2. The molecule has 5 nitrogen and oxygen atoms in total. The van der Waals surface area contributed by atoms with Crippen LogP contribution in [0, 0.1) is 0 Å². The Balaban J connectivity index is 1.94. The standard InChI is InChI=1S/C32H38BrClN2O3/c1-31(2,3)24-16-17-28(25(33)19-24)39-21-29(37)36(20-23-14-10-11-15-26(23)34)27(30(38)35-32(4,5)6)18-22-12-8-7-9-13-22/h7-17,19,27H,18,20-21H2,1-6H3,(H,35,38)/t27-/m0/s1. The highest BCUT2D eigenvalue weighted by atomic mass is 79.9. The van der Waals surface area contributed by atoms with Crippen LogP contribution >= 0.6 is 27.5 Å². The molecule has 0 unspecified atom stereocenters. The summed E-state index contributed by atoms with van der Waals surface area (Å²) in [5.41, 5.74) is 2.36. The van der Waals surface area contributed by atoms with Gasteiger partial charge in [-0.3, -0.25) is 9.59 Å². The van der Waals surface area contributed by atoms with Gasteiger partial charge in [-0.2, -0.15) is 0 Å². The molecule has 3 aromatic rings. The van der Waals surface area contributed by atoms with E-state index in [4.69, 9.17) is 16.3 Å². The van der Waals surface area contributed by atoms with Crippen LogP contribution in [-0.4, -0.2) is 34.9 Å². The lowest BCUT2D eigenvalue weighted by Gasteiger charge is -2.34. The van der Waals surface area contributed by atoms with Crippen molar-refractivity contribution in [1.82, 2.24) is 10.2 Å². The lowest BCUT2D eigenvalue weighted by molar-refractivity contribution is -0.143. The summed E-state index contributed by atoms with van der Waals surface area (Å²) in [4.78, 5) is 29.1. The molecule has 0 spiro atoms. The number of nitrogens with one attached hydrogen (secondary N) is 1. The predicted octanol–water partition coefficient (Wildman–Crippen LogP) is 7.33. The zero-order chi connectivity index (χ0) is 28.8. The van der Waals surface area contributed by atoms with Crippen LogP contribution in [0.15, 0.2) is 77.3 Å². The third-order valence-corrected chi connectivity index (χ3v) is 7.21. The fourth-order valence-corrected chi connectivity index (χ4v) is 4.81. The molecule has 2 amide bonds. The molecule has 0 fully saturated rings. The van der Waals surface area contributed by atoms with Crippen molar-refractivity contribution < 1.29 is 14.3 Å². The third kappa shape index (κ3) is 9.11. The molecule has 0 bridgehead atoms. The summed E-state index contributed by atoms with van der Waals surface area (Å²) in [6.07, 6.45) is 0.350. The van der Waals surface area contributed by atoms with Gasteiger partial charge in [0.15, 0.2) is 6.61 Å². The summed E-state index contributed by atoms with van der Waals surface area (Å²) in [7, 11) is 0. The van der Waals surface area contributed by atoms with Gasteiger partial charge in [-0.15, -0.1) is 0 Å². The lowest BCUT2D eigenvalue weighted by atomic mass is 9.87. The molecule has 0 heterocycles. The summed E-state index contributed by atoms with van der Waals surface area (Å²) >= 11 is 10.1. The summed E-state index contributed by atoms with van der Waals surface area (Å²) in [6.45, 7) is 12.1. The number of ether oxygens (including phenoxy) is 1. The monoisotopic (exact) mass is 612 g/mol. The first-order chi connectivity index (χ1) is 18.2. The first-order valence-corrected chi connectivity index (χ1v) is 14.2. The molecule has 0 saturated heterocycles. The zero-order valence-corrected chi connectivity index (χ0v) is 25.9. The minimum absolute atomic E-state index is 0.0201. The normalized spacial score (nSPS) is 12.5. The molecule has 0 saturated carbocycles. The van der Waals surface area contributed by atoms with E-state index in [0.29, 0.717) is 17.2 Å². The van der Waals surface area contributed by atoms with Crippen molar-refractivity contribution >= 4 is 39.3 Å². The highest BCUT2D eigenvalue weighted by Gasteiger charge is 2.33. The maximum atomic E-state index is 13.8. The van der Waals surface area contributed by atoms with Gasteiger partial charge in [-0.1, -0.05) is 87.0 Å². The number of rotatable bonds is 9. The zero-order valence-electron chi connectivity index (χ0n) is 23.6. The second-order valence-corrected chi connectivity index (χ2v) is 13.0. The fraction of sp³-hybridized carbons (Fsp3) is 0.375. The average molecular weight is 614 g/mol. The number of carbonyl (C=O) groups excluding carboxylic acids is 2. The van der Waals surface area contributed by atoms with Crippen LogP contribution in [-0.2, 0) is 28.0 Å². The Labute approximate surface area is 246 Å². The number of nitrogens with zero attached hydrogens (tertiary/aromatic N) is 1. The Morgan fingerprint density at radius 3 is 2.18 bits per heavy atom. The van der Waals surface area contributed by atoms with E-state index in [0.717, 1.165) is 21.2 Å². The molecule has 0 aliphatic carbocycles. The molecule has 208 valence electrons. The van der Waals surface area contributed by atoms with Crippen LogP contribution in [0.2, 0.25) is 5.02 Å². The fourth-order valence-electron chi connectivity index (χ4n) is 4.12. The Hall–Kier alpha value is -2.83. The maximum Gasteiger partial charge on any atom is 0.261 e. The molecule has 3 aromatic carbocycles. The largest absolute Gasteiger partial charge is 0.483 e. The van der Waals surface area contributed by atoms with E-state index in [1.54, 1.807) is 11.0 Å². The molecule has 0 radical (unpaired) electrons. The minimum atomic E-state index is -0.772. The van der Waals surface area contributed by atoms with Gasteiger partial charge >= 0.3 is 0 Å². The number of hydrogen-bond acceptors (Lipinski definition) is 3. The maximum absolute atomic E-state index is 13.8. The molecular weight excluding hydrogens is 576 g/mol. The summed E-state index contributed by atoms with van der Waals surface area (Å²) in [6, 6.07) is 22.2. The number of carbonyl (C=O) groups is 2. The van der Waals surface area contributed by atoms with E-state index < -0.39 is 11.6 Å². The molecule has 0 aliphatic heterocycles. The highest BCUT2D eigenvalue weighted by Crippen LogP contribution is 2.31. The van der Waals surface area contributed by atoms with Gasteiger partial charge in [-0.05, 0) is 77.0 Å².